The Bertz CT molecular complexity index is 423. The number of Topliss-reactive ketones (excluding diaryl/α,β-unsaturated/α-hetero) is 1. The van der Waals surface area contributed by atoms with Crippen molar-refractivity contribution < 1.29 is 4.79 Å². The molecule has 1 aliphatic rings. The lowest BCUT2D eigenvalue weighted by Crippen LogP contribution is -2.31. The molecule has 1 heterocycles. The van der Waals surface area contributed by atoms with Gasteiger partial charge in [0.1, 0.15) is 0 Å². The lowest BCUT2D eigenvalue weighted by atomic mass is 9.70. The number of fused-ring (bicyclic) bond motifs is 1. The molecule has 0 saturated heterocycles. The van der Waals surface area contributed by atoms with Crippen LogP contribution in [-0.2, 0) is 6.42 Å². The second-order valence-corrected chi connectivity index (χ2v) is 5.25. The number of ketones is 1. The van der Waals surface area contributed by atoms with Crippen molar-refractivity contribution in [2.75, 3.05) is 0 Å². The van der Waals surface area contributed by atoms with Crippen molar-refractivity contribution in [1.29, 1.82) is 0 Å². The molecule has 3 heteroatoms. The van der Waals surface area contributed by atoms with E-state index in [4.69, 9.17) is 0 Å². The maximum Gasteiger partial charge on any atom is 0.175 e. The topological polar surface area (TPSA) is 30.0 Å². The number of carbonyl (C=O) groups excluding carboxylic acids is 1. The van der Waals surface area contributed by atoms with E-state index in [2.05, 4.69) is 18.1 Å². The monoisotopic (exact) mass is 233 g/mol. The van der Waals surface area contributed by atoms with Crippen LogP contribution in [0.5, 0.6) is 0 Å². The summed E-state index contributed by atoms with van der Waals surface area (Å²) in [6.07, 6.45) is 6.96. The van der Waals surface area contributed by atoms with Crippen molar-refractivity contribution in [3.8, 4) is 0 Å². The number of hydrogen-bond acceptors (Lipinski definition) is 3. The molecule has 84 valence electrons. The van der Waals surface area contributed by atoms with Crippen LogP contribution >= 0.6 is 11.3 Å². The second kappa shape index (κ2) is 4.34. The third kappa shape index (κ3) is 1.87. The van der Waals surface area contributed by atoms with E-state index >= 15 is 0 Å². The first kappa shape index (κ1) is 11.3. The Labute approximate surface area is 99.7 Å². The Kier molecular flexibility index (Phi) is 3.06. The van der Waals surface area contributed by atoms with E-state index in [-0.39, 0.29) is 11.2 Å². The SMILES string of the molecule is C=CCC1(CC=C)CC(=O)c2scnc2C1. The first-order valence-electron chi connectivity index (χ1n) is 5.38. The predicted molar refractivity (Wildman–Crippen MR) is 66.8 cm³/mol. The van der Waals surface area contributed by atoms with Crippen LogP contribution < -0.4 is 0 Å². The van der Waals surface area contributed by atoms with Crippen molar-refractivity contribution in [3.05, 3.63) is 41.4 Å². The zero-order valence-electron chi connectivity index (χ0n) is 9.24. The van der Waals surface area contributed by atoms with Crippen LogP contribution in [0.25, 0.3) is 0 Å². The van der Waals surface area contributed by atoms with Gasteiger partial charge in [0, 0.05) is 6.42 Å². The average molecular weight is 233 g/mol. The molecule has 1 aromatic rings. The first-order chi connectivity index (χ1) is 7.71. The maximum absolute atomic E-state index is 12.0. The maximum atomic E-state index is 12.0. The van der Waals surface area contributed by atoms with Gasteiger partial charge in [-0.25, -0.2) is 4.98 Å². The Morgan fingerprint density at radius 3 is 2.69 bits per heavy atom. The Morgan fingerprint density at radius 2 is 2.06 bits per heavy atom. The fourth-order valence-electron chi connectivity index (χ4n) is 2.44. The smallest absolute Gasteiger partial charge is 0.175 e. The largest absolute Gasteiger partial charge is 0.293 e. The molecule has 1 aromatic heterocycles. The third-order valence-corrected chi connectivity index (χ3v) is 4.04. The lowest BCUT2D eigenvalue weighted by molar-refractivity contribution is 0.0890. The lowest BCUT2D eigenvalue weighted by Gasteiger charge is -2.34. The summed E-state index contributed by atoms with van der Waals surface area (Å²) in [6.45, 7) is 7.57. The summed E-state index contributed by atoms with van der Waals surface area (Å²) < 4.78 is 0. The molecular weight excluding hydrogens is 218 g/mol. The van der Waals surface area contributed by atoms with Crippen molar-refractivity contribution in [2.45, 2.75) is 25.7 Å². The van der Waals surface area contributed by atoms with Crippen LogP contribution in [0.4, 0.5) is 0 Å². The minimum absolute atomic E-state index is 0.0261. The Hall–Kier alpha value is -1.22. The Morgan fingerprint density at radius 1 is 1.38 bits per heavy atom. The van der Waals surface area contributed by atoms with Crippen LogP contribution in [0, 0.1) is 5.41 Å². The van der Waals surface area contributed by atoms with Gasteiger partial charge in [0.2, 0.25) is 0 Å². The van der Waals surface area contributed by atoms with Crippen molar-refractivity contribution in [3.63, 3.8) is 0 Å². The molecule has 0 amide bonds. The summed E-state index contributed by atoms with van der Waals surface area (Å²) in [5, 5.41) is 0. The molecule has 0 fully saturated rings. The zero-order chi connectivity index (χ0) is 11.6. The molecule has 0 unspecified atom stereocenters. The van der Waals surface area contributed by atoms with Gasteiger partial charge in [0.05, 0.1) is 16.1 Å². The van der Waals surface area contributed by atoms with Crippen molar-refractivity contribution in [2.24, 2.45) is 5.41 Å². The quantitative estimate of drug-likeness (QED) is 0.746. The third-order valence-electron chi connectivity index (χ3n) is 3.13. The van der Waals surface area contributed by atoms with Gasteiger partial charge in [-0.15, -0.1) is 24.5 Å². The van der Waals surface area contributed by atoms with Crippen molar-refractivity contribution >= 4 is 17.1 Å². The summed E-state index contributed by atoms with van der Waals surface area (Å²) in [6, 6.07) is 0. The Balaban J connectivity index is 2.34. The van der Waals surface area contributed by atoms with Crippen LogP contribution in [0.3, 0.4) is 0 Å². The van der Waals surface area contributed by atoms with Gasteiger partial charge >= 0.3 is 0 Å². The van der Waals surface area contributed by atoms with Crippen LogP contribution in [0.1, 0.15) is 34.6 Å². The van der Waals surface area contributed by atoms with Gasteiger partial charge in [-0.1, -0.05) is 12.2 Å². The standard InChI is InChI=1S/C13H15NOS/c1-3-5-13(6-4-2)7-10-12(11(15)8-13)16-9-14-10/h3-4,9H,1-2,5-8H2. The van der Waals surface area contributed by atoms with E-state index in [1.807, 2.05) is 12.2 Å². The minimum atomic E-state index is -0.0261. The molecule has 0 N–H and O–H groups in total. The molecule has 0 bridgehead atoms. The molecule has 0 aromatic carbocycles. The van der Waals surface area contributed by atoms with Crippen LogP contribution in [0.15, 0.2) is 30.8 Å². The number of hydrogen-bond donors (Lipinski definition) is 0. The number of nitrogens with zero attached hydrogens (tertiary/aromatic N) is 1. The van der Waals surface area contributed by atoms with E-state index in [0.29, 0.717) is 6.42 Å². The molecule has 2 rings (SSSR count). The number of carbonyl (C=O) groups is 1. The summed E-state index contributed by atoms with van der Waals surface area (Å²) in [7, 11) is 0. The molecule has 0 atom stereocenters. The molecule has 0 spiro atoms. The molecule has 0 saturated carbocycles. The van der Waals surface area contributed by atoms with Crippen LogP contribution in [0.2, 0.25) is 0 Å². The van der Waals surface area contributed by atoms with E-state index in [1.54, 1.807) is 5.51 Å². The molecule has 16 heavy (non-hydrogen) atoms. The highest BCUT2D eigenvalue weighted by atomic mass is 32.1. The summed E-state index contributed by atoms with van der Waals surface area (Å²) in [5.41, 5.74) is 2.70. The van der Waals surface area contributed by atoms with Gasteiger partial charge in [0.15, 0.2) is 5.78 Å². The van der Waals surface area contributed by atoms with Crippen LogP contribution in [-0.4, -0.2) is 10.8 Å². The normalized spacial score (nSPS) is 17.9. The zero-order valence-corrected chi connectivity index (χ0v) is 10.1. The highest BCUT2D eigenvalue weighted by Crippen LogP contribution is 2.42. The predicted octanol–water partition coefficient (Wildman–Crippen LogP) is 3.41. The van der Waals surface area contributed by atoms with E-state index in [0.717, 1.165) is 29.8 Å². The van der Waals surface area contributed by atoms with Gasteiger partial charge in [-0.2, -0.15) is 0 Å². The number of aromatic nitrogens is 1. The minimum Gasteiger partial charge on any atom is -0.293 e. The molecular formula is C13H15NOS. The average Bonchev–Trinajstić information content (AvgIpc) is 2.66. The number of rotatable bonds is 4. The van der Waals surface area contributed by atoms with E-state index in [1.165, 1.54) is 11.3 Å². The van der Waals surface area contributed by atoms with Gasteiger partial charge in [-0.05, 0) is 24.7 Å². The van der Waals surface area contributed by atoms with Crippen molar-refractivity contribution in [1.82, 2.24) is 4.98 Å². The second-order valence-electron chi connectivity index (χ2n) is 4.39. The highest BCUT2D eigenvalue weighted by Gasteiger charge is 2.38. The van der Waals surface area contributed by atoms with Gasteiger partial charge in [0.25, 0.3) is 0 Å². The van der Waals surface area contributed by atoms with E-state index in [9.17, 15) is 4.79 Å². The number of allylic oxidation sites excluding steroid dienone is 2. The van der Waals surface area contributed by atoms with Gasteiger partial charge in [-0.3, -0.25) is 4.79 Å². The van der Waals surface area contributed by atoms with Gasteiger partial charge < -0.3 is 0 Å². The summed E-state index contributed by atoms with van der Waals surface area (Å²) in [4.78, 5) is 17.2. The fourth-order valence-corrected chi connectivity index (χ4v) is 3.19. The van der Waals surface area contributed by atoms with E-state index < -0.39 is 0 Å². The number of thiazole rings is 1. The molecule has 0 aliphatic heterocycles. The molecule has 0 radical (unpaired) electrons. The fraction of sp³-hybridized carbons (Fsp3) is 0.385. The first-order valence-corrected chi connectivity index (χ1v) is 6.26. The summed E-state index contributed by atoms with van der Waals surface area (Å²) >= 11 is 1.46. The summed E-state index contributed by atoms with van der Waals surface area (Å²) in [5.74, 6) is 0.229. The molecule has 2 nitrogen and oxygen atoms in total. The highest BCUT2D eigenvalue weighted by molar-refractivity contribution is 7.12. The molecule has 1 aliphatic carbocycles.